The van der Waals surface area contributed by atoms with Crippen LogP contribution in [0.25, 0.3) is 10.2 Å². The first kappa shape index (κ1) is 21.2. The van der Waals surface area contributed by atoms with Crippen molar-refractivity contribution in [1.82, 2.24) is 0 Å². The van der Waals surface area contributed by atoms with Crippen molar-refractivity contribution in [2.24, 2.45) is 0 Å². The molecule has 0 fully saturated rings. The predicted molar refractivity (Wildman–Crippen MR) is 133 cm³/mol. The van der Waals surface area contributed by atoms with Gasteiger partial charge in [-0.15, -0.1) is 12.6 Å². The van der Waals surface area contributed by atoms with Gasteiger partial charge in [0, 0.05) is 23.9 Å². The van der Waals surface area contributed by atoms with Crippen molar-refractivity contribution in [3.8, 4) is 0 Å². The van der Waals surface area contributed by atoms with E-state index in [4.69, 9.17) is 0 Å². The first-order valence-electron chi connectivity index (χ1n) is 11.0. The maximum absolute atomic E-state index is 4.64. The van der Waals surface area contributed by atoms with Gasteiger partial charge in [0.15, 0.2) is 0 Å². The normalized spacial score (nSPS) is 15.7. The smallest absolute Gasteiger partial charge is 0.238 e. The highest BCUT2D eigenvalue weighted by molar-refractivity contribution is 7.80. The van der Waals surface area contributed by atoms with Crippen LogP contribution in [0.3, 0.4) is 0 Å². The first-order chi connectivity index (χ1) is 14.7. The summed E-state index contributed by atoms with van der Waals surface area (Å²) in [6.07, 6.45) is 11.7. The predicted octanol–water partition coefficient (Wildman–Crippen LogP) is 6.60. The molecule has 0 aliphatic heterocycles. The summed E-state index contributed by atoms with van der Waals surface area (Å²) in [5, 5.41) is 1.48. The molecule has 0 N–H and O–H groups in total. The lowest BCUT2D eigenvalue weighted by atomic mass is 10.2. The Morgan fingerprint density at radius 2 is 1.73 bits per heavy atom. The van der Waals surface area contributed by atoms with Gasteiger partial charge in [-0.1, -0.05) is 53.8 Å². The van der Waals surface area contributed by atoms with Gasteiger partial charge in [-0.2, -0.15) is 4.57 Å². The number of benzene rings is 2. The molecule has 4 heteroatoms. The third-order valence-corrected chi connectivity index (χ3v) is 7.41. The molecule has 0 bridgehead atoms. The number of allylic oxidation sites excluding steroid dienone is 2. The number of thiol groups is 1. The molecular weight excluding hydrogens is 404 g/mol. The molecule has 156 valence electrons. The number of aromatic nitrogens is 1. The highest BCUT2D eigenvalue weighted by atomic mass is 32.1. The summed E-state index contributed by atoms with van der Waals surface area (Å²) < 4.78 is 3.86. The van der Waals surface area contributed by atoms with Gasteiger partial charge in [0.1, 0.15) is 11.2 Å². The minimum atomic E-state index is 0.485. The Morgan fingerprint density at radius 3 is 2.50 bits per heavy atom. The van der Waals surface area contributed by atoms with Gasteiger partial charge in [-0.25, -0.2) is 0 Å². The zero-order valence-corrected chi connectivity index (χ0v) is 19.6. The van der Waals surface area contributed by atoms with Crippen molar-refractivity contribution in [3.63, 3.8) is 0 Å². The SMILES string of the molecule is CCN(c1ccccc1S)C1C=C1CC/C=C/CCc1sc2ccccc2[n+]1CC. The van der Waals surface area contributed by atoms with Gasteiger partial charge in [0.25, 0.3) is 0 Å². The van der Waals surface area contributed by atoms with Crippen LogP contribution in [0.1, 0.15) is 38.1 Å². The molecule has 1 aromatic heterocycles. The van der Waals surface area contributed by atoms with Gasteiger partial charge < -0.3 is 4.90 Å². The number of para-hydroxylation sites is 2. The standard InChI is InChI=1S/C26H30N2S2/c1-3-27(21-14-9-11-16-24(21)29)23-19-20(23)13-7-5-6-8-18-26-28(4-2)22-15-10-12-17-25(22)30-26/h5-6,9-12,14-17,19,23H,3-4,7-8,13,18H2,1-2H3/p+1/b6-5+. The lowest BCUT2D eigenvalue weighted by Crippen LogP contribution is -2.34. The lowest BCUT2D eigenvalue weighted by molar-refractivity contribution is -0.670. The Kier molecular flexibility index (Phi) is 6.96. The van der Waals surface area contributed by atoms with E-state index in [-0.39, 0.29) is 0 Å². The molecule has 4 rings (SSSR count). The number of fused-ring (bicyclic) bond motifs is 1. The molecule has 0 saturated heterocycles. The third-order valence-electron chi connectivity index (χ3n) is 5.80. The zero-order valence-electron chi connectivity index (χ0n) is 17.9. The number of nitrogens with zero attached hydrogens (tertiary/aromatic N) is 2. The van der Waals surface area contributed by atoms with Crippen LogP contribution in [0.4, 0.5) is 5.69 Å². The molecule has 30 heavy (non-hydrogen) atoms. The number of hydrogen-bond acceptors (Lipinski definition) is 3. The minimum absolute atomic E-state index is 0.485. The third kappa shape index (κ3) is 4.65. The largest absolute Gasteiger partial charge is 0.361 e. The summed E-state index contributed by atoms with van der Waals surface area (Å²) >= 11 is 6.58. The molecule has 1 heterocycles. The second-order valence-electron chi connectivity index (χ2n) is 7.72. The maximum Gasteiger partial charge on any atom is 0.238 e. The van der Waals surface area contributed by atoms with Crippen LogP contribution in [0.2, 0.25) is 0 Å². The lowest BCUT2D eigenvalue weighted by Gasteiger charge is -2.25. The Morgan fingerprint density at radius 1 is 1.00 bits per heavy atom. The Labute approximate surface area is 190 Å². The molecule has 1 aliphatic rings. The first-order valence-corrected chi connectivity index (χ1v) is 12.3. The molecule has 2 aromatic carbocycles. The van der Waals surface area contributed by atoms with E-state index in [0.717, 1.165) is 43.7 Å². The van der Waals surface area contributed by atoms with Crippen molar-refractivity contribution in [1.29, 1.82) is 0 Å². The van der Waals surface area contributed by atoms with E-state index in [1.165, 1.54) is 20.9 Å². The number of likely N-dealkylation sites (N-methyl/N-ethyl adjacent to an activating group) is 1. The van der Waals surface area contributed by atoms with Gasteiger partial charge in [-0.05, 0) is 56.9 Å². The van der Waals surface area contributed by atoms with Crippen molar-refractivity contribution < 1.29 is 4.57 Å². The van der Waals surface area contributed by atoms with Crippen molar-refractivity contribution in [2.45, 2.75) is 57.0 Å². The van der Waals surface area contributed by atoms with Crippen molar-refractivity contribution >= 4 is 39.9 Å². The number of aryl methyl sites for hydroxylation is 2. The zero-order chi connectivity index (χ0) is 20.9. The molecule has 1 atom stereocenters. The highest BCUT2D eigenvalue weighted by Gasteiger charge is 2.30. The van der Waals surface area contributed by atoms with Crippen LogP contribution in [-0.4, -0.2) is 12.6 Å². The van der Waals surface area contributed by atoms with Crippen molar-refractivity contribution in [2.75, 3.05) is 11.4 Å². The molecule has 3 aromatic rings. The molecule has 0 spiro atoms. The van der Waals surface area contributed by atoms with Gasteiger partial charge in [0.05, 0.1) is 11.7 Å². The minimum Gasteiger partial charge on any atom is -0.361 e. The summed E-state index contributed by atoms with van der Waals surface area (Å²) in [5.41, 5.74) is 4.17. The van der Waals surface area contributed by atoms with Crippen LogP contribution < -0.4 is 9.47 Å². The van der Waals surface area contributed by atoms with Crippen LogP contribution in [-0.2, 0) is 13.0 Å². The molecular formula is C26H31N2S2+. The van der Waals surface area contributed by atoms with Crippen molar-refractivity contribution in [3.05, 3.63) is 77.3 Å². The second kappa shape index (κ2) is 9.84. The van der Waals surface area contributed by atoms with E-state index in [1.807, 2.05) is 17.4 Å². The van der Waals surface area contributed by atoms with Gasteiger partial charge in [-0.3, -0.25) is 0 Å². The maximum atomic E-state index is 4.64. The molecule has 1 aliphatic carbocycles. The fourth-order valence-corrected chi connectivity index (χ4v) is 5.74. The van der Waals surface area contributed by atoms with E-state index in [2.05, 4.69) is 96.6 Å². The summed E-state index contributed by atoms with van der Waals surface area (Å²) in [5.74, 6) is 0. The molecule has 0 amide bonds. The Balaban J connectivity index is 1.24. The molecule has 2 nitrogen and oxygen atoms in total. The second-order valence-corrected chi connectivity index (χ2v) is 9.31. The van der Waals surface area contributed by atoms with E-state index in [9.17, 15) is 0 Å². The Hall–Kier alpha value is -2.04. The average molecular weight is 436 g/mol. The van der Waals surface area contributed by atoms with Crippen LogP contribution in [0, 0.1) is 0 Å². The fourth-order valence-electron chi connectivity index (χ4n) is 4.21. The van der Waals surface area contributed by atoms with Crippen LogP contribution in [0.15, 0.2) is 77.2 Å². The monoisotopic (exact) mass is 435 g/mol. The number of anilines is 1. The number of thiazole rings is 1. The summed E-state index contributed by atoms with van der Waals surface area (Å²) in [4.78, 5) is 3.51. The number of hydrogen-bond donors (Lipinski definition) is 1. The van der Waals surface area contributed by atoms with Crippen LogP contribution >= 0.6 is 24.0 Å². The summed E-state index contributed by atoms with van der Waals surface area (Å²) in [6.45, 7) is 6.51. The quantitative estimate of drug-likeness (QED) is 0.214. The topological polar surface area (TPSA) is 7.12 Å². The van der Waals surface area contributed by atoms with Gasteiger partial charge >= 0.3 is 0 Å². The molecule has 0 radical (unpaired) electrons. The van der Waals surface area contributed by atoms with Crippen LogP contribution in [0.5, 0.6) is 0 Å². The summed E-state index contributed by atoms with van der Waals surface area (Å²) in [6, 6.07) is 17.6. The van der Waals surface area contributed by atoms with E-state index in [1.54, 1.807) is 5.57 Å². The molecule has 0 saturated carbocycles. The average Bonchev–Trinajstić information content (AvgIpc) is 3.43. The number of rotatable bonds is 10. The highest BCUT2D eigenvalue weighted by Crippen LogP contribution is 2.36. The van der Waals surface area contributed by atoms with Gasteiger partial charge in [0.2, 0.25) is 10.5 Å². The van der Waals surface area contributed by atoms with E-state index >= 15 is 0 Å². The summed E-state index contributed by atoms with van der Waals surface area (Å²) in [7, 11) is 0. The van der Waals surface area contributed by atoms with E-state index in [0.29, 0.717) is 6.04 Å². The Bertz CT molecular complexity index is 1060. The molecule has 1 unspecified atom stereocenters. The fraction of sp³-hybridized carbons (Fsp3) is 0.346. The van der Waals surface area contributed by atoms with E-state index < -0.39 is 0 Å².